The lowest BCUT2D eigenvalue weighted by Crippen LogP contribution is -2.35. The molecule has 2 unspecified atom stereocenters. The molecule has 0 bridgehead atoms. The number of nitrogens with one attached hydrogen (secondary N) is 1. The van der Waals surface area contributed by atoms with Crippen molar-refractivity contribution in [3.05, 3.63) is 35.4 Å². The Kier molecular flexibility index (Phi) is 4.24. The van der Waals surface area contributed by atoms with E-state index in [0.29, 0.717) is 23.3 Å². The molecule has 0 saturated heterocycles. The van der Waals surface area contributed by atoms with Crippen LogP contribution in [-0.2, 0) is 6.42 Å². The zero-order valence-corrected chi connectivity index (χ0v) is 12.0. The van der Waals surface area contributed by atoms with Gasteiger partial charge in [-0.2, -0.15) is 0 Å². The van der Waals surface area contributed by atoms with Gasteiger partial charge in [0.2, 0.25) is 0 Å². The summed E-state index contributed by atoms with van der Waals surface area (Å²) in [6.07, 6.45) is 2.78. The summed E-state index contributed by atoms with van der Waals surface area (Å²) in [5, 5.41) is 3.49. The molecule has 1 saturated carbocycles. The van der Waals surface area contributed by atoms with E-state index < -0.39 is 0 Å². The zero-order valence-electron chi connectivity index (χ0n) is 12.0. The predicted octanol–water partition coefficient (Wildman–Crippen LogP) is 3.92. The van der Waals surface area contributed by atoms with Crippen LogP contribution in [0, 0.1) is 23.0 Å². The first-order valence-corrected chi connectivity index (χ1v) is 7.11. The van der Waals surface area contributed by atoms with E-state index in [0.717, 1.165) is 19.4 Å². The van der Waals surface area contributed by atoms with Crippen LogP contribution >= 0.6 is 0 Å². The van der Waals surface area contributed by atoms with Crippen molar-refractivity contribution >= 4 is 0 Å². The van der Waals surface area contributed by atoms with Gasteiger partial charge in [-0.3, -0.25) is 0 Å². The van der Waals surface area contributed by atoms with Crippen LogP contribution in [0.1, 0.15) is 39.2 Å². The lowest BCUT2D eigenvalue weighted by Gasteiger charge is -2.20. The molecule has 0 radical (unpaired) electrons. The van der Waals surface area contributed by atoms with Gasteiger partial charge >= 0.3 is 0 Å². The van der Waals surface area contributed by atoms with E-state index in [1.165, 1.54) is 18.2 Å². The van der Waals surface area contributed by atoms with Crippen LogP contribution in [0.3, 0.4) is 0 Å². The molecule has 1 aliphatic carbocycles. The Morgan fingerprint density at radius 3 is 2.63 bits per heavy atom. The molecule has 2 rings (SSSR count). The van der Waals surface area contributed by atoms with E-state index in [-0.39, 0.29) is 17.7 Å². The van der Waals surface area contributed by atoms with Gasteiger partial charge in [-0.05, 0) is 60.9 Å². The summed E-state index contributed by atoms with van der Waals surface area (Å²) < 4.78 is 27.0. The fraction of sp³-hybridized carbons (Fsp3) is 0.625. The van der Waals surface area contributed by atoms with E-state index in [9.17, 15) is 8.78 Å². The van der Waals surface area contributed by atoms with Crippen LogP contribution < -0.4 is 5.32 Å². The maximum absolute atomic E-state index is 13.7. The highest BCUT2D eigenvalue weighted by molar-refractivity contribution is 5.21. The van der Waals surface area contributed by atoms with Gasteiger partial charge in [0.05, 0.1) is 0 Å². The third kappa shape index (κ3) is 3.53. The van der Waals surface area contributed by atoms with Gasteiger partial charge in [0.15, 0.2) is 0 Å². The molecule has 1 aromatic rings. The second-order valence-corrected chi connectivity index (χ2v) is 6.30. The molecule has 1 aliphatic rings. The van der Waals surface area contributed by atoms with Crippen molar-refractivity contribution in [3.8, 4) is 0 Å². The highest BCUT2D eigenvalue weighted by Gasteiger charge is 2.49. The van der Waals surface area contributed by atoms with E-state index in [4.69, 9.17) is 0 Å². The van der Waals surface area contributed by atoms with Crippen LogP contribution in [0.5, 0.6) is 0 Å². The second-order valence-electron chi connectivity index (χ2n) is 6.30. The molecule has 19 heavy (non-hydrogen) atoms. The summed E-state index contributed by atoms with van der Waals surface area (Å²) in [4.78, 5) is 0. The molecular weight excluding hydrogens is 244 g/mol. The Balaban J connectivity index is 2.09. The lowest BCUT2D eigenvalue weighted by atomic mass is 9.96. The van der Waals surface area contributed by atoms with Crippen molar-refractivity contribution in [1.29, 1.82) is 0 Å². The van der Waals surface area contributed by atoms with E-state index >= 15 is 0 Å². The summed E-state index contributed by atoms with van der Waals surface area (Å²) in [6.45, 7) is 7.51. The molecule has 1 nitrogen and oxygen atoms in total. The normalized spacial score (nSPS) is 22.3. The van der Waals surface area contributed by atoms with Crippen molar-refractivity contribution in [2.45, 2.75) is 46.1 Å². The van der Waals surface area contributed by atoms with Crippen LogP contribution in [0.25, 0.3) is 0 Å². The molecule has 0 amide bonds. The van der Waals surface area contributed by atoms with Crippen molar-refractivity contribution in [2.24, 2.45) is 11.3 Å². The fourth-order valence-corrected chi connectivity index (χ4v) is 2.82. The first-order chi connectivity index (χ1) is 8.94. The first-order valence-electron chi connectivity index (χ1n) is 7.11. The van der Waals surface area contributed by atoms with Gasteiger partial charge in [-0.25, -0.2) is 8.78 Å². The van der Waals surface area contributed by atoms with Gasteiger partial charge in [-0.15, -0.1) is 0 Å². The van der Waals surface area contributed by atoms with Gasteiger partial charge in [0, 0.05) is 6.04 Å². The third-order valence-corrected chi connectivity index (χ3v) is 4.18. The SMILES string of the molecule is CCCNC(Cc1cc(F)ccc1F)C1CC1(C)C. The first kappa shape index (κ1) is 14.4. The monoisotopic (exact) mass is 267 g/mol. The lowest BCUT2D eigenvalue weighted by molar-refractivity contribution is 0.397. The molecule has 1 aromatic carbocycles. The average molecular weight is 267 g/mol. The van der Waals surface area contributed by atoms with Crippen LogP contribution in [0.15, 0.2) is 18.2 Å². The average Bonchev–Trinajstić information content (AvgIpc) is 2.98. The Morgan fingerprint density at radius 2 is 2.05 bits per heavy atom. The molecule has 106 valence electrons. The van der Waals surface area contributed by atoms with Gasteiger partial charge < -0.3 is 5.32 Å². The minimum absolute atomic E-state index is 0.242. The van der Waals surface area contributed by atoms with E-state index in [1.54, 1.807) is 0 Å². The molecule has 1 N–H and O–H groups in total. The van der Waals surface area contributed by atoms with Crippen molar-refractivity contribution < 1.29 is 8.78 Å². The van der Waals surface area contributed by atoms with Crippen molar-refractivity contribution in [3.63, 3.8) is 0 Å². The minimum atomic E-state index is -0.360. The third-order valence-electron chi connectivity index (χ3n) is 4.18. The number of hydrogen-bond acceptors (Lipinski definition) is 1. The molecule has 0 heterocycles. The predicted molar refractivity (Wildman–Crippen MR) is 74.0 cm³/mol. The number of halogens is 2. The molecule has 0 aromatic heterocycles. The summed E-state index contributed by atoms with van der Waals surface area (Å²) in [7, 11) is 0. The topological polar surface area (TPSA) is 12.0 Å². The number of benzene rings is 1. The Morgan fingerprint density at radius 1 is 1.37 bits per heavy atom. The highest BCUT2D eigenvalue weighted by atomic mass is 19.1. The largest absolute Gasteiger partial charge is 0.313 e. The maximum atomic E-state index is 13.7. The number of hydrogen-bond donors (Lipinski definition) is 1. The summed E-state index contributed by atoms with van der Waals surface area (Å²) in [5.41, 5.74) is 0.811. The Bertz CT molecular complexity index is 442. The minimum Gasteiger partial charge on any atom is -0.313 e. The quantitative estimate of drug-likeness (QED) is 0.823. The van der Waals surface area contributed by atoms with Crippen LogP contribution in [-0.4, -0.2) is 12.6 Å². The molecule has 0 aliphatic heterocycles. The zero-order chi connectivity index (χ0) is 14.0. The summed E-state index contributed by atoms with van der Waals surface area (Å²) in [6, 6.07) is 3.96. The maximum Gasteiger partial charge on any atom is 0.126 e. The Labute approximate surface area is 114 Å². The standard InChI is InChI=1S/C16H23F2N/c1-4-7-19-15(13-10-16(13,2)3)9-11-8-12(17)5-6-14(11)18/h5-6,8,13,15,19H,4,7,9-10H2,1-3H3. The van der Waals surface area contributed by atoms with Crippen molar-refractivity contribution in [1.82, 2.24) is 5.32 Å². The van der Waals surface area contributed by atoms with Gasteiger partial charge in [0.25, 0.3) is 0 Å². The number of rotatable bonds is 6. The molecular formula is C16H23F2N. The smallest absolute Gasteiger partial charge is 0.126 e. The van der Waals surface area contributed by atoms with Crippen molar-refractivity contribution in [2.75, 3.05) is 6.54 Å². The summed E-state index contributed by atoms with van der Waals surface area (Å²) in [5.74, 6) is -0.106. The van der Waals surface area contributed by atoms with E-state index in [1.807, 2.05) is 0 Å². The molecule has 1 fully saturated rings. The van der Waals surface area contributed by atoms with Gasteiger partial charge in [0.1, 0.15) is 11.6 Å². The van der Waals surface area contributed by atoms with Crippen LogP contribution in [0.2, 0.25) is 0 Å². The molecule has 0 spiro atoms. The van der Waals surface area contributed by atoms with Gasteiger partial charge in [-0.1, -0.05) is 20.8 Å². The molecule has 3 heteroatoms. The Hall–Kier alpha value is -0.960. The highest BCUT2D eigenvalue weighted by Crippen LogP contribution is 2.54. The second kappa shape index (κ2) is 5.58. The van der Waals surface area contributed by atoms with Crippen LogP contribution in [0.4, 0.5) is 8.78 Å². The molecule has 2 atom stereocenters. The van der Waals surface area contributed by atoms with E-state index in [2.05, 4.69) is 26.1 Å². The summed E-state index contributed by atoms with van der Waals surface area (Å²) >= 11 is 0. The fourth-order valence-electron chi connectivity index (χ4n) is 2.82.